The Bertz CT molecular complexity index is 495. The molecule has 0 aromatic carbocycles. The standard InChI is InChI=1S/C15H24N2O3S/c1-6-17(10-11-8-7-9-21-11)13(20)16-15(4,5)14(2,3)12(18)19/h7-9H,6,10H2,1-5H3,(H,16,20)(H,18,19). The van der Waals surface area contributed by atoms with Crippen molar-refractivity contribution in [2.45, 2.75) is 46.7 Å². The Kier molecular flexibility index (Phi) is 5.39. The number of thiophene rings is 1. The fraction of sp³-hybridized carbons (Fsp3) is 0.600. The lowest BCUT2D eigenvalue weighted by molar-refractivity contribution is -0.150. The second-order valence-corrected chi connectivity index (χ2v) is 7.11. The molecular weight excluding hydrogens is 288 g/mol. The molecule has 2 N–H and O–H groups in total. The Hall–Kier alpha value is -1.56. The highest BCUT2D eigenvalue weighted by molar-refractivity contribution is 7.09. The summed E-state index contributed by atoms with van der Waals surface area (Å²) in [6.07, 6.45) is 0. The lowest BCUT2D eigenvalue weighted by atomic mass is 9.74. The molecule has 2 amide bonds. The van der Waals surface area contributed by atoms with E-state index in [-0.39, 0.29) is 6.03 Å². The monoisotopic (exact) mass is 312 g/mol. The van der Waals surface area contributed by atoms with Gasteiger partial charge in [0, 0.05) is 11.4 Å². The number of aliphatic carboxylic acids is 1. The molecule has 0 bridgehead atoms. The summed E-state index contributed by atoms with van der Waals surface area (Å²) in [5, 5.41) is 14.2. The number of urea groups is 1. The quantitative estimate of drug-likeness (QED) is 0.847. The van der Waals surface area contributed by atoms with Crippen LogP contribution < -0.4 is 5.32 Å². The molecule has 0 aliphatic heterocycles. The molecule has 21 heavy (non-hydrogen) atoms. The molecule has 0 spiro atoms. The van der Waals surface area contributed by atoms with Crippen LogP contribution >= 0.6 is 11.3 Å². The van der Waals surface area contributed by atoms with E-state index in [1.807, 2.05) is 24.4 Å². The zero-order valence-corrected chi connectivity index (χ0v) is 14.1. The van der Waals surface area contributed by atoms with E-state index in [1.165, 1.54) is 0 Å². The smallest absolute Gasteiger partial charge is 0.318 e. The molecule has 0 aliphatic rings. The first-order chi connectivity index (χ1) is 9.61. The van der Waals surface area contributed by atoms with Crippen molar-refractivity contribution < 1.29 is 14.7 Å². The number of rotatable bonds is 6. The van der Waals surface area contributed by atoms with Crippen molar-refractivity contribution in [1.82, 2.24) is 10.2 Å². The highest BCUT2D eigenvalue weighted by atomic mass is 32.1. The summed E-state index contributed by atoms with van der Waals surface area (Å²) in [5.41, 5.74) is -1.93. The molecule has 0 saturated heterocycles. The average molecular weight is 312 g/mol. The summed E-state index contributed by atoms with van der Waals surface area (Å²) in [7, 11) is 0. The molecule has 0 saturated carbocycles. The van der Waals surface area contributed by atoms with E-state index in [9.17, 15) is 14.7 Å². The first kappa shape index (κ1) is 17.5. The molecule has 0 aliphatic carbocycles. The van der Waals surface area contributed by atoms with Gasteiger partial charge < -0.3 is 15.3 Å². The molecule has 118 valence electrons. The van der Waals surface area contributed by atoms with Crippen molar-refractivity contribution in [3.63, 3.8) is 0 Å². The first-order valence-corrected chi connectivity index (χ1v) is 7.82. The topological polar surface area (TPSA) is 69.6 Å². The van der Waals surface area contributed by atoms with Gasteiger partial charge in [0.05, 0.1) is 17.5 Å². The molecule has 1 rings (SSSR count). The number of carbonyl (C=O) groups excluding carboxylic acids is 1. The van der Waals surface area contributed by atoms with E-state index in [1.54, 1.807) is 43.9 Å². The normalized spacial score (nSPS) is 12.0. The van der Waals surface area contributed by atoms with Gasteiger partial charge in [-0.1, -0.05) is 6.07 Å². The third kappa shape index (κ3) is 3.97. The molecule has 1 aromatic rings. The summed E-state index contributed by atoms with van der Waals surface area (Å²) >= 11 is 1.60. The fourth-order valence-electron chi connectivity index (χ4n) is 1.69. The first-order valence-electron chi connectivity index (χ1n) is 6.94. The maximum absolute atomic E-state index is 12.4. The highest BCUT2D eigenvalue weighted by Gasteiger charge is 2.44. The van der Waals surface area contributed by atoms with E-state index < -0.39 is 16.9 Å². The van der Waals surface area contributed by atoms with Crippen molar-refractivity contribution in [1.29, 1.82) is 0 Å². The fourth-order valence-corrected chi connectivity index (χ4v) is 2.41. The van der Waals surface area contributed by atoms with Crippen molar-refractivity contribution in [2.75, 3.05) is 6.54 Å². The van der Waals surface area contributed by atoms with Crippen LogP contribution in [0.4, 0.5) is 4.79 Å². The van der Waals surface area contributed by atoms with E-state index in [0.29, 0.717) is 13.1 Å². The van der Waals surface area contributed by atoms with Gasteiger partial charge in [-0.2, -0.15) is 0 Å². The number of carboxylic acids is 1. The second kappa shape index (κ2) is 6.47. The van der Waals surface area contributed by atoms with Crippen molar-refractivity contribution in [2.24, 2.45) is 5.41 Å². The van der Waals surface area contributed by atoms with Crippen LogP contribution in [0.25, 0.3) is 0 Å². The number of hydrogen-bond donors (Lipinski definition) is 2. The largest absolute Gasteiger partial charge is 0.481 e. The minimum Gasteiger partial charge on any atom is -0.481 e. The van der Waals surface area contributed by atoms with E-state index in [0.717, 1.165) is 4.88 Å². The van der Waals surface area contributed by atoms with Gasteiger partial charge in [-0.05, 0) is 46.1 Å². The Morgan fingerprint density at radius 3 is 2.38 bits per heavy atom. The van der Waals surface area contributed by atoms with Gasteiger partial charge in [0.2, 0.25) is 0 Å². The van der Waals surface area contributed by atoms with Crippen molar-refractivity contribution >= 4 is 23.3 Å². The molecular formula is C15H24N2O3S. The lowest BCUT2D eigenvalue weighted by Gasteiger charge is -2.40. The van der Waals surface area contributed by atoms with Gasteiger partial charge in [-0.15, -0.1) is 11.3 Å². The second-order valence-electron chi connectivity index (χ2n) is 6.08. The zero-order chi connectivity index (χ0) is 16.3. The van der Waals surface area contributed by atoms with Crippen LogP contribution in [0.3, 0.4) is 0 Å². The predicted molar refractivity (Wildman–Crippen MR) is 84.4 cm³/mol. The summed E-state index contributed by atoms with van der Waals surface area (Å²) in [5.74, 6) is -0.936. The maximum Gasteiger partial charge on any atom is 0.318 e. The predicted octanol–water partition coefficient (Wildman–Crippen LogP) is 3.17. The molecule has 0 unspecified atom stereocenters. The molecule has 0 fully saturated rings. The van der Waals surface area contributed by atoms with Gasteiger partial charge >= 0.3 is 12.0 Å². The summed E-state index contributed by atoms with van der Waals surface area (Å²) in [4.78, 5) is 26.6. The molecule has 0 atom stereocenters. The molecule has 6 heteroatoms. The molecule has 1 aromatic heterocycles. The Morgan fingerprint density at radius 2 is 1.95 bits per heavy atom. The molecule has 0 radical (unpaired) electrons. The SMILES string of the molecule is CCN(Cc1cccs1)C(=O)NC(C)(C)C(C)(C)C(=O)O. The number of carbonyl (C=O) groups is 2. The number of nitrogens with one attached hydrogen (secondary N) is 1. The third-order valence-electron chi connectivity index (χ3n) is 4.11. The Morgan fingerprint density at radius 1 is 1.33 bits per heavy atom. The number of amides is 2. The summed E-state index contributed by atoms with van der Waals surface area (Å²) in [6, 6.07) is 3.68. The van der Waals surface area contributed by atoms with E-state index in [4.69, 9.17) is 0 Å². The van der Waals surface area contributed by atoms with Crippen LogP contribution in [0.5, 0.6) is 0 Å². The van der Waals surface area contributed by atoms with Gasteiger partial charge in [0.1, 0.15) is 0 Å². The van der Waals surface area contributed by atoms with Crippen LogP contribution in [0, 0.1) is 5.41 Å². The zero-order valence-electron chi connectivity index (χ0n) is 13.3. The van der Waals surface area contributed by atoms with Crippen molar-refractivity contribution in [3.8, 4) is 0 Å². The summed E-state index contributed by atoms with van der Waals surface area (Å²) < 4.78 is 0. The molecule has 5 nitrogen and oxygen atoms in total. The van der Waals surface area contributed by atoms with Gasteiger partial charge in [-0.3, -0.25) is 4.79 Å². The van der Waals surface area contributed by atoms with Gasteiger partial charge in [-0.25, -0.2) is 4.79 Å². The molecule has 1 heterocycles. The third-order valence-corrected chi connectivity index (χ3v) is 4.97. The van der Waals surface area contributed by atoms with Gasteiger partial charge in [0.15, 0.2) is 0 Å². The van der Waals surface area contributed by atoms with E-state index >= 15 is 0 Å². The lowest BCUT2D eigenvalue weighted by Crippen LogP contribution is -2.59. The minimum absolute atomic E-state index is 0.245. The Balaban J connectivity index is 2.80. The van der Waals surface area contributed by atoms with Crippen molar-refractivity contribution in [3.05, 3.63) is 22.4 Å². The minimum atomic E-state index is -1.06. The average Bonchev–Trinajstić information content (AvgIpc) is 2.87. The number of carboxylic acid groups (broad SMARTS) is 1. The summed E-state index contributed by atoms with van der Waals surface area (Å²) in [6.45, 7) is 9.70. The van der Waals surface area contributed by atoms with Gasteiger partial charge in [0.25, 0.3) is 0 Å². The number of hydrogen-bond acceptors (Lipinski definition) is 3. The van der Waals surface area contributed by atoms with E-state index in [2.05, 4.69) is 5.32 Å². The maximum atomic E-state index is 12.4. The highest BCUT2D eigenvalue weighted by Crippen LogP contribution is 2.31. The van der Waals surface area contributed by atoms with Crippen LogP contribution in [0.15, 0.2) is 17.5 Å². The van der Waals surface area contributed by atoms with Crippen LogP contribution in [0.1, 0.15) is 39.5 Å². The van der Waals surface area contributed by atoms with Crippen LogP contribution in [-0.2, 0) is 11.3 Å². The Labute approximate surface area is 130 Å². The van der Waals surface area contributed by atoms with Crippen LogP contribution in [0.2, 0.25) is 0 Å². The number of nitrogens with zero attached hydrogens (tertiary/aromatic N) is 1. The van der Waals surface area contributed by atoms with Crippen LogP contribution in [-0.4, -0.2) is 34.1 Å².